The quantitative estimate of drug-likeness (QED) is 0.856. The molecule has 0 radical (unpaired) electrons. The van der Waals surface area contributed by atoms with Gasteiger partial charge in [-0.3, -0.25) is 0 Å². The summed E-state index contributed by atoms with van der Waals surface area (Å²) in [5.41, 5.74) is 6.87. The van der Waals surface area contributed by atoms with Crippen molar-refractivity contribution in [3.05, 3.63) is 45.6 Å². The molecule has 0 aliphatic carbocycles. The molecular weight excluding hydrogens is 244 g/mol. The van der Waals surface area contributed by atoms with E-state index in [-0.39, 0.29) is 0 Å². The number of ether oxygens (including phenoxy) is 1. The maximum absolute atomic E-state index is 8.75. The number of nitrogens with zero attached hydrogens (tertiary/aromatic N) is 1. The summed E-state index contributed by atoms with van der Waals surface area (Å²) in [6.07, 6.45) is 1.05. The topological polar surface area (TPSA) is 59.0 Å². The van der Waals surface area contributed by atoms with E-state index in [9.17, 15) is 0 Å². The molecule has 1 heterocycles. The molecule has 0 amide bonds. The van der Waals surface area contributed by atoms with Crippen LogP contribution < -0.4 is 10.5 Å². The van der Waals surface area contributed by atoms with E-state index in [4.69, 9.17) is 15.7 Å². The number of benzene rings is 1. The highest BCUT2D eigenvalue weighted by molar-refractivity contribution is 7.11. The first-order valence-electron chi connectivity index (χ1n) is 5.73. The molecule has 1 aromatic heterocycles. The van der Waals surface area contributed by atoms with Crippen LogP contribution in [0.1, 0.15) is 22.2 Å². The Bertz CT molecular complexity index is 584. The number of thiophene rings is 1. The molecular formula is C14H14N2OS. The van der Waals surface area contributed by atoms with E-state index in [1.807, 2.05) is 6.07 Å². The van der Waals surface area contributed by atoms with Gasteiger partial charge in [0.1, 0.15) is 12.4 Å². The maximum atomic E-state index is 8.75. The molecule has 2 rings (SSSR count). The van der Waals surface area contributed by atoms with Crippen LogP contribution in [0.5, 0.6) is 5.75 Å². The van der Waals surface area contributed by atoms with Crippen LogP contribution in [0.15, 0.2) is 30.3 Å². The second-order valence-corrected chi connectivity index (χ2v) is 5.13. The summed E-state index contributed by atoms with van der Waals surface area (Å²) in [5.74, 6) is 0.625. The summed E-state index contributed by atoms with van der Waals surface area (Å²) >= 11 is 1.75. The molecule has 4 heteroatoms. The normalized spacial score (nSPS) is 10.0. The fourth-order valence-corrected chi connectivity index (χ4v) is 2.46. The van der Waals surface area contributed by atoms with E-state index in [1.165, 1.54) is 9.75 Å². The Morgan fingerprint density at radius 1 is 1.28 bits per heavy atom. The molecule has 0 spiro atoms. The van der Waals surface area contributed by atoms with Gasteiger partial charge in [0.15, 0.2) is 0 Å². The average molecular weight is 258 g/mol. The lowest BCUT2D eigenvalue weighted by Gasteiger charge is -2.07. The molecule has 2 N–H and O–H groups in total. The first-order chi connectivity index (χ1) is 8.72. The fourth-order valence-electron chi connectivity index (χ4n) is 1.59. The highest BCUT2D eigenvalue weighted by Crippen LogP contribution is 2.25. The predicted octanol–water partition coefficient (Wildman–Crippen LogP) is 3.34. The van der Waals surface area contributed by atoms with Crippen LogP contribution in [-0.4, -0.2) is 0 Å². The zero-order valence-electron chi connectivity index (χ0n) is 10.1. The Hall–Kier alpha value is -1.99. The van der Waals surface area contributed by atoms with Gasteiger partial charge in [0.2, 0.25) is 0 Å². The number of nitrogen functional groups attached to an aromatic ring is 1. The number of hydrogen-bond donors (Lipinski definition) is 1. The zero-order chi connectivity index (χ0) is 13.0. The minimum Gasteiger partial charge on any atom is -0.486 e. The van der Waals surface area contributed by atoms with Crippen molar-refractivity contribution in [2.75, 3.05) is 5.73 Å². The Labute approximate surface area is 110 Å². The Morgan fingerprint density at radius 3 is 2.67 bits per heavy atom. The number of nitriles is 1. The van der Waals surface area contributed by atoms with Crippen molar-refractivity contribution < 1.29 is 4.74 Å². The van der Waals surface area contributed by atoms with E-state index in [2.05, 4.69) is 19.1 Å². The van der Waals surface area contributed by atoms with Gasteiger partial charge < -0.3 is 10.5 Å². The van der Waals surface area contributed by atoms with Gasteiger partial charge in [0.25, 0.3) is 0 Å². The van der Waals surface area contributed by atoms with E-state index in [0.717, 1.165) is 6.42 Å². The van der Waals surface area contributed by atoms with Gasteiger partial charge in [-0.2, -0.15) is 5.26 Å². The lowest BCUT2D eigenvalue weighted by molar-refractivity contribution is 0.311. The average Bonchev–Trinajstić information content (AvgIpc) is 2.85. The van der Waals surface area contributed by atoms with Gasteiger partial charge in [-0.1, -0.05) is 6.92 Å². The van der Waals surface area contributed by atoms with Gasteiger partial charge >= 0.3 is 0 Å². The number of nitrogens with two attached hydrogens (primary N) is 1. The lowest BCUT2D eigenvalue weighted by Crippen LogP contribution is -1.97. The van der Waals surface area contributed by atoms with E-state index < -0.39 is 0 Å². The highest BCUT2D eigenvalue weighted by atomic mass is 32.1. The third-order valence-corrected chi connectivity index (χ3v) is 3.78. The van der Waals surface area contributed by atoms with E-state index in [1.54, 1.807) is 29.5 Å². The van der Waals surface area contributed by atoms with Crippen LogP contribution in [0.25, 0.3) is 0 Å². The number of rotatable bonds is 4. The third-order valence-electron chi connectivity index (χ3n) is 2.57. The van der Waals surface area contributed by atoms with Gasteiger partial charge in [-0.15, -0.1) is 11.3 Å². The van der Waals surface area contributed by atoms with Crippen LogP contribution in [0.4, 0.5) is 5.69 Å². The molecule has 0 bridgehead atoms. The molecule has 1 aromatic carbocycles. The molecule has 92 valence electrons. The molecule has 3 nitrogen and oxygen atoms in total. The molecule has 0 unspecified atom stereocenters. The third kappa shape index (κ3) is 2.82. The van der Waals surface area contributed by atoms with Crippen LogP contribution >= 0.6 is 11.3 Å². The predicted molar refractivity (Wildman–Crippen MR) is 73.6 cm³/mol. The lowest BCUT2D eigenvalue weighted by atomic mass is 10.2. The molecule has 0 aliphatic heterocycles. The summed E-state index contributed by atoms with van der Waals surface area (Å²) in [4.78, 5) is 2.53. The van der Waals surface area contributed by atoms with Crippen molar-refractivity contribution in [2.24, 2.45) is 0 Å². The number of aryl methyl sites for hydroxylation is 1. The van der Waals surface area contributed by atoms with Crippen molar-refractivity contribution in [3.63, 3.8) is 0 Å². The van der Waals surface area contributed by atoms with Crippen molar-refractivity contribution in [1.82, 2.24) is 0 Å². The van der Waals surface area contributed by atoms with Crippen LogP contribution in [-0.2, 0) is 13.0 Å². The number of anilines is 1. The minimum absolute atomic E-state index is 0.501. The Morgan fingerprint density at radius 2 is 2.06 bits per heavy atom. The monoisotopic (exact) mass is 258 g/mol. The number of hydrogen-bond acceptors (Lipinski definition) is 4. The zero-order valence-corrected chi connectivity index (χ0v) is 11.0. The minimum atomic E-state index is 0.501. The first-order valence-corrected chi connectivity index (χ1v) is 6.54. The Balaban J connectivity index is 2.04. The van der Waals surface area contributed by atoms with Crippen molar-refractivity contribution in [3.8, 4) is 11.8 Å². The Kier molecular flexibility index (Phi) is 3.85. The molecule has 0 atom stereocenters. The van der Waals surface area contributed by atoms with Crippen LogP contribution in [0.3, 0.4) is 0 Å². The summed E-state index contributed by atoms with van der Waals surface area (Å²) < 4.78 is 5.66. The van der Waals surface area contributed by atoms with Gasteiger partial charge in [0.05, 0.1) is 17.3 Å². The van der Waals surface area contributed by atoms with E-state index in [0.29, 0.717) is 23.6 Å². The van der Waals surface area contributed by atoms with Gasteiger partial charge in [0, 0.05) is 9.75 Å². The second-order valence-electron chi connectivity index (χ2n) is 3.87. The van der Waals surface area contributed by atoms with Crippen LogP contribution in [0, 0.1) is 11.3 Å². The standard InChI is InChI=1S/C14H14N2OS/c1-2-11-4-5-12(18-11)9-17-14-6-3-10(8-15)7-13(14)16/h3-7H,2,9,16H2,1H3. The molecule has 18 heavy (non-hydrogen) atoms. The summed E-state index contributed by atoms with van der Waals surface area (Å²) in [5, 5.41) is 8.75. The van der Waals surface area contributed by atoms with Gasteiger partial charge in [-0.25, -0.2) is 0 Å². The molecule has 0 saturated heterocycles. The van der Waals surface area contributed by atoms with Crippen molar-refractivity contribution in [2.45, 2.75) is 20.0 Å². The van der Waals surface area contributed by atoms with Gasteiger partial charge in [-0.05, 0) is 36.8 Å². The van der Waals surface area contributed by atoms with Crippen molar-refractivity contribution >= 4 is 17.0 Å². The first kappa shape index (κ1) is 12.5. The van der Waals surface area contributed by atoms with Crippen molar-refractivity contribution in [1.29, 1.82) is 5.26 Å². The molecule has 0 fully saturated rings. The molecule has 0 saturated carbocycles. The summed E-state index contributed by atoms with van der Waals surface area (Å²) in [6.45, 7) is 2.65. The molecule has 2 aromatic rings. The fraction of sp³-hybridized carbons (Fsp3) is 0.214. The van der Waals surface area contributed by atoms with E-state index >= 15 is 0 Å². The maximum Gasteiger partial charge on any atom is 0.142 e. The highest BCUT2D eigenvalue weighted by Gasteiger charge is 2.04. The summed E-state index contributed by atoms with van der Waals surface area (Å²) in [6, 6.07) is 11.3. The summed E-state index contributed by atoms with van der Waals surface area (Å²) in [7, 11) is 0. The largest absolute Gasteiger partial charge is 0.486 e. The smallest absolute Gasteiger partial charge is 0.142 e. The van der Waals surface area contributed by atoms with Crippen LogP contribution in [0.2, 0.25) is 0 Å². The SMILES string of the molecule is CCc1ccc(COc2ccc(C#N)cc2N)s1. The second kappa shape index (κ2) is 5.56. The molecule has 0 aliphatic rings.